The van der Waals surface area contributed by atoms with Gasteiger partial charge in [0.25, 0.3) is 0 Å². The first-order chi connectivity index (χ1) is 24.9. The number of hydrogen-bond acceptors (Lipinski definition) is 5. The first-order valence-electron chi connectivity index (χ1n) is 20.6. The van der Waals surface area contributed by atoms with Crippen LogP contribution in [0, 0.1) is 0 Å². The van der Waals surface area contributed by atoms with Crippen molar-refractivity contribution in [2.24, 2.45) is 5.73 Å². The molecular formula is C44H76N2O5. The van der Waals surface area contributed by atoms with Gasteiger partial charge in [-0.25, -0.2) is 4.79 Å². The first-order valence-corrected chi connectivity index (χ1v) is 20.6. The molecule has 0 bridgehead atoms. The number of carbonyl (C=O) groups excluding carboxylic acids is 2. The lowest BCUT2D eigenvalue weighted by molar-refractivity contribution is -0.150. The zero-order valence-corrected chi connectivity index (χ0v) is 32.7. The molecule has 0 aromatic heterocycles. The van der Waals surface area contributed by atoms with Crippen LogP contribution in [0.5, 0.6) is 0 Å². The van der Waals surface area contributed by atoms with Crippen molar-refractivity contribution >= 4 is 17.8 Å². The summed E-state index contributed by atoms with van der Waals surface area (Å²) in [6.45, 7) is 4.78. The second kappa shape index (κ2) is 38.3. The number of carboxylic acid groups (broad SMARTS) is 1. The van der Waals surface area contributed by atoms with E-state index in [1.54, 1.807) is 0 Å². The number of hydrogen-bond donors (Lipinski definition) is 3. The number of rotatable bonds is 36. The highest BCUT2D eigenvalue weighted by Gasteiger charge is 2.19. The fraction of sp³-hybridized carbons (Fsp3) is 0.705. The monoisotopic (exact) mass is 713 g/mol. The molecule has 0 spiro atoms. The third-order valence-corrected chi connectivity index (χ3v) is 8.85. The molecule has 2 unspecified atom stereocenters. The number of ether oxygens (including phenoxy) is 1. The Morgan fingerprint density at radius 2 is 1.08 bits per heavy atom. The van der Waals surface area contributed by atoms with E-state index in [0.717, 1.165) is 103 Å². The van der Waals surface area contributed by atoms with E-state index >= 15 is 0 Å². The lowest BCUT2D eigenvalue weighted by Gasteiger charge is -2.18. The molecule has 0 aliphatic carbocycles. The van der Waals surface area contributed by atoms with Crippen molar-refractivity contribution in [3.05, 3.63) is 60.8 Å². The lowest BCUT2D eigenvalue weighted by atomic mass is 10.0. The summed E-state index contributed by atoms with van der Waals surface area (Å²) in [7, 11) is 0. The number of esters is 1. The molecular weight excluding hydrogens is 636 g/mol. The normalized spacial score (nSPS) is 13.3. The zero-order valence-electron chi connectivity index (χ0n) is 32.7. The number of carboxylic acids is 1. The second-order valence-corrected chi connectivity index (χ2v) is 13.7. The molecule has 292 valence electrons. The van der Waals surface area contributed by atoms with E-state index in [-0.39, 0.29) is 18.0 Å². The third kappa shape index (κ3) is 35.3. The zero-order chi connectivity index (χ0) is 37.5. The Morgan fingerprint density at radius 1 is 0.588 bits per heavy atom. The fourth-order valence-electron chi connectivity index (χ4n) is 5.77. The molecule has 51 heavy (non-hydrogen) atoms. The Kier molecular flexibility index (Phi) is 36.1. The SMILES string of the molecule is CC/C=C\C/C=C\C/C=C\C/C=C\C/C=C\CCCCCCCC(=O)OC(CCCCCCC)CCCCCCC(=O)NC(CCCN)C(=O)O. The Hall–Kier alpha value is -2.93. The average molecular weight is 713 g/mol. The first kappa shape index (κ1) is 48.1. The second-order valence-electron chi connectivity index (χ2n) is 13.7. The van der Waals surface area contributed by atoms with Crippen LogP contribution in [0.25, 0.3) is 0 Å². The molecule has 0 radical (unpaired) electrons. The minimum atomic E-state index is -1.01. The van der Waals surface area contributed by atoms with Gasteiger partial charge in [0.05, 0.1) is 0 Å². The van der Waals surface area contributed by atoms with Crippen LogP contribution in [0.1, 0.15) is 181 Å². The van der Waals surface area contributed by atoms with Crippen LogP contribution in [0.2, 0.25) is 0 Å². The van der Waals surface area contributed by atoms with Crippen molar-refractivity contribution in [2.75, 3.05) is 6.54 Å². The molecule has 0 aliphatic heterocycles. The number of nitrogens with two attached hydrogens (primary N) is 1. The van der Waals surface area contributed by atoms with Crippen molar-refractivity contribution in [2.45, 2.75) is 193 Å². The topological polar surface area (TPSA) is 119 Å². The van der Waals surface area contributed by atoms with E-state index in [4.69, 9.17) is 10.5 Å². The van der Waals surface area contributed by atoms with Crippen molar-refractivity contribution in [1.29, 1.82) is 0 Å². The van der Waals surface area contributed by atoms with Gasteiger partial charge < -0.3 is 20.9 Å². The summed E-state index contributed by atoms with van der Waals surface area (Å²) >= 11 is 0. The van der Waals surface area contributed by atoms with E-state index in [0.29, 0.717) is 32.2 Å². The summed E-state index contributed by atoms with van der Waals surface area (Å²) in [5.41, 5.74) is 5.47. The summed E-state index contributed by atoms with van der Waals surface area (Å²) in [5, 5.41) is 11.9. The molecule has 7 heteroatoms. The molecule has 4 N–H and O–H groups in total. The predicted molar refractivity (Wildman–Crippen MR) is 216 cm³/mol. The quantitative estimate of drug-likeness (QED) is 0.0338. The van der Waals surface area contributed by atoms with Crippen molar-refractivity contribution in [3.63, 3.8) is 0 Å². The van der Waals surface area contributed by atoms with E-state index in [2.05, 4.69) is 79.9 Å². The summed E-state index contributed by atoms with van der Waals surface area (Å²) < 4.78 is 5.95. The predicted octanol–water partition coefficient (Wildman–Crippen LogP) is 11.4. The van der Waals surface area contributed by atoms with E-state index < -0.39 is 12.0 Å². The van der Waals surface area contributed by atoms with Gasteiger partial charge in [-0.1, -0.05) is 132 Å². The number of carbonyl (C=O) groups is 3. The lowest BCUT2D eigenvalue weighted by Crippen LogP contribution is -2.40. The molecule has 0 heterocycles. The van der Waals surface area contributed by atoms with Gasteiger partial charge in [-0.15, -0.1) is 0 Å². The Labute approximate surface area is 312 Å². The maximum atomic E-state index is 12.7. The van der Waals surface area contributed by atoms with Gasteiger partial charge in [0.1, 0.15) is 12.1 Å². The maximum Gasteiger partial charge on any atom is 0.326 e. The Bertz CT molecular complexity index is 984. The molecule has 7 nitrogen and oxygen atoms in total. The molecule has 0 aromatic carbocycles. The molecule has 0 rings (SSSR count). The Balaban J connectivity index is 4.10. The van der Waals surface area contributed by atoms with Crippen LogP contribution in [0.15, 0.2) is 60.8 Å². The number of aliphatic carboxylic acids is 1. The molecule has 0 fully saturated rings. The van der Waals surface area contributed by atoms with Crippen molar-refractivity contribution < 1.29 is 24.2 Å². The smallest absolute Gasteiger partial charge is 0.326 e. The minimum absolute atomic E-state index is 0.0234. The summed E-state index contributed by atoms with van der Waals surface area (Å²) in [5.74, 6) is -1.30. The van der Waals surface area contributed by atoms with Crippen LogP contribution >= 0.6 is 0 Å². The molecule has 0 aromatic rings. The van der Waals surface area contributed by atoms with Crippen LogP contribution in [-0.4, -0.2) is 41.6 Å². The van der Waals surface area contributed by atoms with Gasteiger partial charge in [0, 0.05) is 12.8 Å². The van der Waals surface area contributed by atoms with E-state index in [1.165, 1.54) is 38.5 Å². The third-order valence-electron chi connectivity index (χ3n) is 8.85. The largest absolute Gasteiger partial charge is 0.480 e. The molecule has 0 aliphatic rings. The van der Waals surface area contributed by atoms with Crippen LogP contribution in [0.4, 0.5) is 0 Å². The Morgan fingerprint density at radius 3 is 1.63 bits per heavy atom. The van der Waals surface area contributed by atoms with E-state index in [9.17, 15) is 19.5 Å². The summed E-state index contributed by atoms with van der Waals surface area (Å²) in [4.78, 5) is 36.2. The van der Waals surface area contributed by atoms with Crippen LogP contribution < -0.4 is 11.1 Å². The van der Waals surface area contributed by atoms with Gasteiger partial charge in [-0.3, -0.25) is 9.59 Å². The molecule has 0 saturated carbocycles. The van der Waals surface area contributed by atoms with Gasteiger partial charge in [0.2, 0.25) is 5.91 Å². The number of amides is 1. The van der Waals surface area contributed by atoms with Gasteiger partial charge >= 0.3 is 11.9 Å². The van der Waals surface area contributed by atoms with Crippen LogP contribution in [0.3, 0.4) is 0 Å². The average Bonchev–Trinajstić information content (AvgIpc) is 3.11. The molecule has 1 amide bonds. The van der Waals surface area contributed by atoms with Gasteiger partial charge in [-0.05, 0) is 103 Å². The van der Waals surface area contributed by atoms with Crippen molar-refractivity contribution in [3.8, 4) is 0 Å². The summed E-state index contributed by atoms with van der Waals surface area (Å²) in [6.07, 6.45) is 47.0. The van der Waals surface area contributed by atoms with Gasteiger partial charge in [-0.2, -0.15) is 0 Å². The highest BCUT2D eigenvalue weighted by Crippen LogP contribution is 2.18. The summed E-state index contributed by atoms with van der Waals surface area (Å²) in [6, 6.07) is -0.867. The highest BCUT2D eigenvalue weighted by molar-refractivity contribution is 5.83. The minimum Gasteiger partial charge on any atom is -0.480 e. The van der Waals surface area contributed by atoms with Crippen LogP contribution in [-0.2, 0) is 19.1 Å². The highest BCUT2D eigenvalue weighted by atomic mass is 16.5. The van der Waals surface area contributed by atoms with E-state index in [1.807, 2.05) is 0 Å². The fourth-order valence-corrected chi connectivity index (χ4v) is 5.77. The number of allylic oxidation sites excluding steroid dienone is 10. The maximum absolute atomic E-state index is 12.7. The number of unbranched alkanes of at least 4 members (excludes halogenated alkanes) is 12. The van der Waals surface area contributed by atoms with Crippen molar-refractivity contribution in [1.82, 2.24) is 5.32 Å². The van der Waals surface area contributed by atoms with Gasteiger partial charge in [0.15, 0.2) is 0 Å². The molecule has 0 saturated heterocycles. The molecule has 2 atom stereocenters. The number of nitrogens with one attached hydrogen (secondary N) is 1. The standard InChI is InChI=1S/C44H76N2O5/c1-3-5-7-9-10-11-12-13-14-15-16-17-18-19-20-21-22-23-24-26-32-38-43(48)51-40(34-29-25-8-6-4-2)35-30-27-28-31-37-42(47)46-41(44(49)50)36-33-39-45/h5,7,10-11,13-14,16-17,19-20,40-41H,3-4,6,8-9,12,15,18,21-39,45H2,1-2H3,(H,46,47)(H,49,50)/b7-5-,11-10-,14-13-,17-16-,20-19-.